The number of nitrogens with zero attached hydrogens (tertiary/aromatic N) is 3. The number of hydrogen-bond acceptors (Lipinski definition) is 5. The molecule has 0 bridgehead atoms. The minimum Gasteiger partial charge on any atom is -0.349 e. The van der Waals surface area contributed by atoms with E-state index in [1.165, 1.54) is 4.88 Å². The van der Waals surface area contributed by atoms with E-state index in [9.17, 15) is 4.79 Å². The van der Waals surface area contributed by atoms with Crippen LogP contribution in [0.4, 0.5) is 0 Å². The molecule has 25 heavy (non-hydrogen) atoms. The van der Waals surface area contributed by atoms with E-state index in [1.54, 1.807) is 29.9 Å². The molecule has 0 unspecified atom stereocenters. The van der Waals surface area contributed by atoms with Crippen LogP contribution in [0, 0.1) is 6.92 Å². The molecule has 0 aliphatic carbocycles. The summed E-state index contributed by atoms with van der Waals surface area (Å²) in [7, 11) is 0. The molecule has 0 saturated heterocycles. The highest BCUT2D eigenvalue weighted by molar-refractivity contribution is 7.09. The lowest BCUT2D eigenvalue weighted by Gasteiger charge is -2.16. The Hall–Kier alpha value is -2.60. The number of nitrogens with one attached hydrogen (secondary N) is 1. The first-order valence-corrected chi connectivity index (χ1v) is 9.07. The SMILES string of the molecule is Cc1nc(-c2ccncc2)ncc1[C@H](C)NC(=O)CCc1cccs1. The maximum absolute atomic E-state index is 12.2. The van der Waals surface area contributed by atoms with Crippen molar-refractivity contribution in [2.24, 2.45) is 0 Å². The van der Waals surface area contributed by atoms with Gasteiger partial charge in [0.15, 0.2) is 5.82 Å². The van der Waals surface area contributed by atoms with Crippen LogP contribution in [0.15, 0.2) is 48.2 Å². The molecule has 3 aromatic heterocycles. The van der Waals surface area contributed by atoms with Crippen molar-refractivity contribution in [3.8, 4) is 11.4 Å². The Balaban J connectivity index is 1.63. The van der Waals surface area contributed by atoms with Crippen LogP contribution in [0.5, 0.6) is 0 Å². The van der Waals surface area contributed by atoms with Crippen molar-refractivity contribution in [2.45, 2.75) is 32.7 Å². The Morgan fingerprint density at radius 1 is 1.28 bits per heavy atom. The van der Waals surface area contributed by atoms with Crippen LogP contribution in [0.25, 0.3) is 11.4 Å². The predicted octanol–water partition coefficient (Wildman–Crippen LogP) is 3.72. The van der Waals surface area contributed by atoms with Crippen LogP contribution in [0.1, 0.15) is 35.5 Å². The minimum absolute atomic E-state index is 0.0403. The Bertz CT molecular complexity index is 834. The molecule has 3 aromatic rings. The number of amides is 1. The molecule has 128 valence electrons. The summed E-state index contributed by atoms with van der Waals surface area (Å²) in [6, 6.07) is 7.69. The van der Waals surface area contributed by atoms with E-state index in [1.807, 2.05) is 37.4 Å². The van der Waals surface area contributed by atoms with Crippen molar-refractivity contribution in [1.82, 2.24) is 20.3 Å². The third kappa shape index (κ3) is 4.48. The van der Waals surface area contributed by atoms with E-state index in [4.69, 9.17) is 0 Å². The Labute approximate surface area is 151 Å². The van der Waals surface area contributed by atoms with Gasteiger partial charge in [0.1, 0.15) is 0 Å². The zero-order valence-electron chi connectivity index (χ0n) is 14.3. The van der Waals surface area contributed by atoms with E-state index in [0.29, 0.717) is 12.2 Å². The number of hydrogen-bond donors (Lipinski definition) is 1. The number of aromatic nitrogens is 3. The Kier molecular flexibility index (Phi) is 5.50. The van der Waals surface area contributed by atoms with Gasteiger partial charge in [-0.1, -0.05) is 6.07 Å². The van der Waals surface area contributed by atoms with Gasteiger partial charge in [-0.25, -0.2) is 9.97 Å². The second-order valence-corrected chi connectivity index (χ2v) is 6.87. The van der Waals surface area contributed by atoms with Crippen molar-refractivity contribution in [3.05, 3.63) is 64.4 Å². The third-order valence-corrected chi connectivity index (χ3v) is 4.91. The molecular weight excluding hydrogens is 332 g/mol. The molecule has 0 aliphatic heterocycles. The van der Waals surface area contributed by atoms with Gasteiger partial charge >= 0.3 is 0 Å². The second kappa shape index (κ2) is 7.98. The standard InChI is InChI=1S/C19H20N4OS/c1-13(22-18(24)6-5-16-4-3-11-25-16)17-12-21-19(23-14(17)2)15-7-9-20-10-8-15/h3-4,7-13H,5-6H2,1-2H3,(H,22,24)/t13-/m0/s1. The summed E-state index contributed by atoms with van der Waals surface area (Å²) < 4.78 is 0. The van der Waals surface area contributed by atoms with Gasteiger partial charge in [-0.2, -0.15) is 0 Å². The molecule has 6 heteroatoms. The van der Waals surface area contributed by atoms with Crippen molar-refractivity contribution in [3.63, 3.8) is 0 Å². The van der Waals surface area contributed by atoms with Crippen molar-refractivity contribution < 1.29 is 4.79 Å². The minimum atomic E-state index is -0.123. The van der Waals surface area contributed by atoms with Crippen molar-refractivity contribution in [2.75, 3.05) is 0 Å². The highest BCUT2D eigenvalue weighted by atomic mass is 32.1. The molecule has 0 radical (unpaired) electrons. The molecule has 0 fully saturated rings. The van der Waals surface area contributed by atoms with Crippen LogP contribution in [-0.4, -0.2) is 20.9 Å². The summed E-state index contributed by atoms with van der Waals surface area (Å²) in [6.07, 6.45) is 6.49. The van der Waals surface area contributed by atoms with Crippen molar-refractivity contribution in [1.29, 1.82) is 0 Å². The first-order valence-electron chi connectivity index (χ1n) is 8.19. The smallest absolute Gasteiger partial charge is 0.220 e. The zero-order chi connectivity index (χ0) is 17.6. The monoisotopic (exact) mass is 352 g/mol. The fourth-order valence-electron chi connectivity index (χ4n) is 2.62. The number of rotatable bonds is 6. The number of aryl methyl sites for hydroxylation is 2. The van der Waals surface area contributed by atoms with E-state index >= 15 is 0 Å². The molecule has 1 amide bonds. The zero-order valence-corrected chi connectivity index (χ0v) is 15.1. The Morgan fingerprint density at radius 3 is 2.76 bits per heavy atom. The normalized spacial score (nSPS) is 11.9. The third-order valence-electron chi connectivity index (χ3n) is 3.98. The lowest BCUT2D eigenvalue weighted by Crippen LogP contribution is -2.27. The number of thiophene rings is 1. The topological polar surface area (TPSA) is 67.8 Å². The van der Waals surface area contributed by atoms with Crippen LogP contribution in [0.2, 0.25) is 0 Å². The highest BCUT2D eigenvalue weighted by Crippen LogP contribution is 2.19. The molecule has 3 rings (SSSR count). The summed E-state index contributed by atoms with van der Waals surface area (Å²) in [6.45, 7) is 3.90. The lowest BCUT2D eigenvalue weighted by atomic mass is 10.1. The maximum Gasteiger partial charge on any atom is 0.220 e. The van der Waals surface area contributed by atoms with Crippen LogP contribution < -0.4 is 5.32 Å². The molecule has 1 atom stereocenters. The van der Waals surface area contributed by atoms with Gasteiger partial charge in [0.05, 0.1) is 6.04 Å². The van der Waals surface area contributed by atoms with Crippen LogP contribution >= 0.6 is 11.3 Å². The molecule has 0 aromatic carbocycles. The van der Waals surface area contributed by atoms with Gasteiger partial charge in [0.25, 0.3) is 0 Å². The summed E-state index contributed by atoms with van der Waals surface area (Å²) in [4.78, 5) is 26.4. The predicted molar refractivity (Wildman–Crippen MR) is 99.2 cm³/mol. The summed E-state index contributed by atoms with van der Waals surface area (Å²) in [5, 5.41) is 5.06. The quantitative estimate of drug-likeness (QED) is 0.734. The van der Waals surface area contributed by atoms with Crippen LogP contribution in [-0.2, 0) is 11.2 Å². The molecule has 0 saturated carbocycles. The summed E-state index contributed by atoms with van der Waals surface area (Å²) in [5.41, 5.74) is 2.73. The molecule has 0 spiro atoms. The number of carbonyl (C=O) groups is 1. The van der Waals surface area contributed by atoms with Crippen molar-refractivity contribution >= 4 is 17.2 Å². The summed E-state index contributed by atoms with van der Waals surface area (Å²) in [5.74, 6) is 0.707. The van der Waals surface area contributed by atoms with E-state index in [2.05, 4.69) is 26.3 Å². The van der Waals surface area contributed by atoms with Gasteiger partial charge < -0.3 is 5.32 Å². The second-order valence-electron chi connectivity index (χ2n) is 5.84. The highest BCUT2D eigenvalue weighted by Gasteiger charge is 2.14. The molecular formula is C19H20N4OS. The molecule has 5 nitrogen and oxygen atoms in total. The van der Waals surface area contributed by atoms with E-state index in [0.717, 1.165) is 23.2 Å². The fraction of sp³-hybridized carbons (Fsp3) is 0.263. The summed E-state index contributed by atoms with van der Waals surface area (Å²) >= 11 is 1.68. The van der Waals surface area contributed by atoms with Gasteiger partial charge in [0, 0.05) is 46.7 Å². The van der Waals surface area contributed by atoms with Gasteiger partial charge in [-0.3, -0.25) is 9.78 Å². The van der Waals surface area contributed by atoms with Gasteiger partial charge in [-0.05, 0) is 43.8 Å². The first-order chi connectivity index (χ1) is 12.1. The fourth-order valence-corrected chi connectivity index (χ4v) is 3.33. The Morgan fingerprint density at radius 2 is 2.08 bits per heavy atom. The largest absolute Gasteiger partial charge is 0.349 e. The lowest BCUT2D eigenvalue weighted by molar-refractivity contribution is -0.121. The average Bonchev–Trinajstić information content (AvgIpc) is 3.14. The van der Waals surface area contributed by atoms with Gasteiger partial charge in [-0.15, -0.1) is 11.3 Å². The molecule has 3 heterocycles. The maximum atomic E-state index is 12.2. The number of carbonyl (C=O) groups excluding carboxylic acids is 1. The van der Waals surface area contributed by atoms with E-state index in [-0.39, 0.29) is 11.9 Å². The molecule has 0 aliphatic rings. The van der Waals surface area contributed by atoms with Gasteiger partial charge in [0.2, 0.25) is 5.91 Å². The molecule has 1 N–H and O–H groups in total. The van der Waals surface area contributed by atoms with E-state index < -0.39 is 0 Å². The first kappa shape index (κ1) is 17.2. The average molecular weight is 352 g/mol. The van der Waals surface area contributed by atoms with Crippen LogP contribution in [0.3, 0.4) is 0 Å². The number of pyridine rings is 1.